The van der Waals surface area contributed by atoms with Gasteiger partial charge >= 0.3 is 6.18 Å². The molecule has 0 saturated carbocycles. The molecule has 0 bridgehead atoms. The fourth-order valence-corrected chi connectivity index (χ4v) is 5.80. The van der Waals surface area contributed by atoms with E-state index in [-0.39, 0.29) is 17.9 Å². The van der Waals surface area contributed by atoms with Crippen molar-refractivity contribution in [1.29, 1.82) is 0 Å². The molecule has 2 heterocycles. The van der Waals surface area contributed by atoms with Gasteiger partial charge in [0.05, 0.1) is 17.3 Å². The van der Waals surface area contributed by atoms with Crippen molar-refractivity contribution in [1.82, 2.24) is 19.4 Å². The summed E-state index contributed by atoms with van der Waals surface area (Å²) in [6.07, 6.45) is -1.05. The van der Waals surface area contributed by atoms with Crippen LogP contribution in [0.3, 0.4) is 0 Å². The van der Waals surface area contributed by atoms with Crippen LogP contribution in [0.15, 0.2) is 114 Å². The van der Waals surface area contributed by atoms with E-state index in [0.717, 1.165) is 39.4 Å². The summed E-state index contributed by atoms with van der Waals surface area (Å²) < 4.78 is 42.0. The Hall–Kier alpha value is -4.44. The third-order valence-electron chi connectivity index (χ3n) is 7.61. The molecule has 0 aliphatic rings. The van der Waals surface area contributed by atoms with Gasteiger partial charge in [0.1, 0.15) is 11.6 Å². The minimum absolute atomic E-state index is 0.00415. The lowest BCUT2D eigenvalue weighted by molar-refractivity contribution is -0.137. The van der Waals surface area contributed by atoms with E-state index in [0.29, 0.717) is 37.4 Å². The monoisotopic (exact) mass is 689 g/mol. The summed E-state index contributed by atoms with van der Waals surface area (Å²) in [4.78, 5) is 25.2. The van der Waals surface area contributed by atoms with Crippen molar-refractivity contribution in [3.63, 3.8) is 0 Å². The second kappa shape index (κ2) is 14.8. The van der Waals surface area contributed by atoms with Crippen LogP contribution in [0.4, 0.5) is 19.0 Å². The Kier molecular flexibility index (Phi) is 10.6. The van der Waals surface area contributed by atoms with Crippen LogP contribution in [0.2, 0.25) is 0 Å². The number of alkyl halides is 3. The standard InChI is InChI=1S/C36H35BrF3N5O/c1-25(2)33(34-43-31(28-15-9-16-30(37)21-28)24-44(34)23-26-11-5-3-6-12-26)45(35(46)27-13-7-4-8-14-27)20-10-19-41-32-18-17-29(22-42-32)36(38,39)40/h3-9,11-18,21-22,24-25,33H,10,19-20,23H2,1-2H3,(H,41,42). The van der Waals surface area contributed by atoms with Crippen LogP contribution >= 0.6 is 15.9 Å². The lowest BCUT2D eigenvalue weighted by Crippen LogP contribution is -2.40. The molecule has 1 atom stereocenters. The van der Waals surface area contributed by atoms with E-state index in [1.54, 1.807) is 12.1 Å². The highest BCUT2D eigenvalue weighted by atomic mass is 79.9. The predicted octanol–water partition coefficient (Wildman–Crippen LogP) is 9.12. The smallest absolute Gasteiger partial charge is 0.370 e. The van der Waals surface area contributed by atoms with Gasteiger partial charge in [-0.3, -0.25) is 4.79 Å². The lowest BCUT2D eigenvalue weighted by Gasteiger charge is -2.35. The minimum Gasteiger partial charge on any atom is -0.370 e. The number of anilines is 1. The summed E-state index contributed by atoms with van der Waals surface area (Å²) in [5.41, 5.74) is 2.64. The van der Waals surface area contributed by atoms with Crippen molar-refractivity contribution in [2.24, 2.45) is 5.92 Å². The van der Waals surface area contributed by atoms with E-state index in [4.69, 9.17) is 4.98 Å². The molecule has 6 nitrogen and oxygen atoms in total. The Morgan fingerprint density at radius 1 is 0.957 bits per heavy atom. The number of aromatic nitrogens is 3. The molecule has 0 radical (unpaired) electrons. The summed E-state index contributed by atoms with van der Waals surface area (Å²) in [5.74, 6) is 0.997. The minimum atomic E-state index is -4.45. The number of amides is 1. The Morgan fingerprint density at radius 3 is 2.30 bits per heavy atom. The van der Waals surface area contributed by atoms with Crippen molar-refractivity contribution >= 4 is 27.7 Å². The first-order valence-corrected chi connectivity index (χ1v) is 15.9. The molecule has 238 valence electrons. The molecule has 10 heteroatoms. The fourth-order valence-electron chi connectivity index (χ4n) is 5.40. The first kappa shape index (κ1) is 32.9. The summed E-state index contributed by atoms with van der Waals surface area (Å²) in [7, 11) is 0. The van der Waals surface area contributed by atoms with Gasteiger partial charge in [0.2, 0.25) is 0 Å². The van der Waals surface area contributed by atoms with Gasteiger partial charge < -0.3 is 14.8 Å². The number of carbonyl (C=O) groups excluding carboxylic acids is 1. The molecule has 0 aliphatic carbocycles. The van der Waals surface area contributed by atoms with Crippen molar-refractivity contribution < 1.29 is 18.0 Å². The highest BCUT2D eigenvalue weighted by Gasteiger charge is 2.33. The molecule has 2 aromatic heterocycles. The average molecular weight is 691 g/mol. The number of benzene rings is 3. The molecule has 0 aliphatic heterocycles. The van der Waals surface area contributed by atoms with Crippen molar-refractivity contribution in [2.75, 3.05) is 18.4 Å². The number of carbonyl (C=O) groups is 1. The summed E-state index contributed by atoms with van der Waals surface area (Å²) >= 11 is 3.58. The largest absolute Gasteiger partial charge is 0.417 e. The van der Waals surface area contributed by atoms with E-state index in [1.165, 1.54) is 6.07 Å². The average Bonchev–Trinajstić information content (AvgIpc) is 3.45. The fraction of sp³-hybridized carbons (Fsp3) is 0.250. The van der Waals surface area contributed by atoms with Gasteiger partial charge in [-0.15, -0.1) is 0 Å². The maximum absolute atomic E-state index is 14.2. The van der Waals surface area contributed by atoms with Gasteiger partial charge in [-0.1, -0.05) is 90.4 Å². The lowest BCUT2D eigenvalue weighted by atomic mass is 9.99. The third-order valence-corrected chi connectivity index (χ3v) is 8.10. The Balaban J connectivity index is 1.47. The van der Waals surface area contributed by atoms with Crippen molar-refractivity contribution in [3.05, 3.63) is 136 Å². The van der Waals surface area contributed by atoms with Crippen LogP contribution in [0.1, 0.15) is 53.6 Å². The van der Waals surface area contributed by atoms with E-state index in [2.05, 4.69) is 56.8 Å². The Labute approximate surface area is 275 Å². The topological polar surface area (TPSA) is 63.1 Å². The molecule has 0 spiro atoms. The van der Waals surface area contributed by atoms with Crippen molar-refractivity contribution in [2.45, 2.75) is 39.0 Å². The molecular weight excluding hydrogens is 655 g/mol. The molecule has 1 unspecified atom stereocenters. The molecule has 46 heavy (non-hydrogen) atoms. The quantitative estimate of drug-likeness (QED) is 0.133. The molecule has 1 amide bonds. The van der Waals surface area contributed by atoms with Gasteiger partial charge in [-0.2, -0.15) is 13.2 Å². The van der Waals surface area contributed by atoms with Gasteiger partial charge in [0.25, 0.3) is 5.91 Å². The SMILES string of the molecule is CC(C)C(c1nc(-c2cccc(Br)c2)cn1Cc1ccccc1)N(CCCNc1ccc(C(F)(F)F)cn1)C(=O)c1ccccc1. The van der Waals surface area contributed by atoms with Gasteiger partial charge in [0.15, 0.2) is 0 Å². The van der Waals surface area contributed by atoms with Gasteiger partial charge in [0, 0.05) is 47.6 Å². The molecule has 0 fully saturated rings. The van der Waals surface area contributed by atoms with E-state index in [1.807, 2.05) is 71.8 Å². The van der Waals surface area contributed by atoms with Crippen LogP contribution in [0.25, 0.3) is 11.3 Å². The highest BCUT2D eigenvalue weighted by molar-refractivity contribution is 9.10. The number of pyridine rings is 1. The van der Waals surface area contributed by atoms with Crippen LogP contribution in [0, 0.1) is 5.92 Å². The maximum Gasteiger partial charge on any atom is 0.417 e. The Morgan fingerprint density at radius 2 is 1.67 bits per heavy atom. The second-order valence-corrected chi connectivity index (χ2v) is 12.3. The summed E-state index contributed by atoms with van der Waals surface area (Å²) in [5, 5.41) is 3.10. The summed E-state index contributed by atoms with van der Waals surface area (Å²) in [6, 6.07) is 29.2. The number of hydrogen-bond donors (Lipinski definition) is 1. The predicted molar refractivity (Wildman–Crippen MR) is 178 cm³/mol. The van der Waals surface area contributed by atoms with Crippen molar-refractivity contribution in [3.8, 4) is 11.3 Å². The van der Waals surface area contributed by atoms with Crippen LogP contribution < -0.4 is 5.32 Å². The zero-order valence-electron chi connectivity index (χ0n) is 25.6. The molecule has 1 N–H and O–H groups in total. The molecule has 3 aromatic carbocycles. The number of rotatable bonds is 12. The molecular formula is C36H35BrF3N5O. The van der Waals surface area contributed by atoms with Crippen LogP contribution in [-0.4, -0.2) is 38.4 Å². The Bertz CT molecular complexity index is 1720. The number of nitrogens with zero attached hydrogens (tertiary/aromatic N) is 4. The van der Waals surface area contributed by atoms with E-state index in [9.17, 15) is 18.0 Å². The third kappa shape index (κ3) is 8.23. The number of nitrogens with one attached hydrogen (secondary N) is 1. The van der Waals surface area contributed by atoms with Crippen LogP contribution in [-0.2, 0) is 12.7 Å². The number of hydrogen-bond acceptors (Lipinski definition) is 4. The molecule has 5 rings (SSSR count). The summed E-state index contributed by atoms with van der Waals surface area (Å²) in [6.45, 7) is 5.54. The zero-order chi connectivity index (χ0) is 32.7. The first-order valence-electron chi connectivity index (χ1n) is 15.1. The van der Waals surface area contributed by atoms with E-state index < -0.39 is 11.7 Å². The van der Waals surface area contributed by atoms with Gasteiger partial charge in [-0.25, -0.2) is 9.97 Å². The second-order valence-electron chi connectivity index (χ2n) is 11.4. The highest BCUT2D eigenvalue weighted by Crippen LogP contribution is 2.33. The van der Waals surface area contributed by atoms with Crippen LogP contribution in [0.5, 0.6) is 0 Å². The molecule has 0 saturated heterocycles. The van der Waals surface area contributed by atoms with E-state index >= 15 is 0 Å². The molecule has 5 aromatic rings. The normalized spacial score (nSPS) is 12.2. The zero-order valence-corrected chi connectivity index (χ0v) is 27.2. The number of imidazole rings is 1. The van der Waals surface area contributed by atoms with Gasteiger partial charge in [-0.05, 0) is 54.3 Å². The maximum atomic E-state index is 14.2. The first-order chi connectivity index (χ1) is 22.1. The number of halogens is 4.